The van der Waals surface area contributed by atoms with E-state index in [0.717, 1.165) is 11.3 Å². The zero-order valence-electron chi connectivity index (χ0n) is 11.2. The first-order chi connectivity index (χ1) is 9.15. The predicted molar refractivity (Wildman–Crippen MR) is 78.2 cm³/mol. The first kappa shape index (κ1) is 13.1. The number of carbonyl (C=O) groups excluding carboxylic acids is 1. The number of aryl methyl sites for hydroxylation is 1. The molecule has 0 fully saturated rings. The van der Waals surface area contributed by atoms with Gasteiger partial charge >= 0.3 is 6.03 Å². The van der Waals surface area contributed by atoms with Gasteiger partial charge in [-0.3, -0.25) is 0 Å². The molecular formula is C16H18N2O. The van der Waals surface area contributed by atoms with Crippen molar-refractivity contribution in [2.24, 2.45) is 0 Å². The Morgan fingerprint density at radius 1 is 1.00 bits per heavy atom. The van der Waals surface area contributed by atoms with Crippen LogP contribution in [0.1, 0.15) is 24.1 Å². The topological polar surface area (TPSA) is 41.1 Å². The van der Waals surface area contributed by atoms with Crippen LogP contribution in [0.3, 0.4) is 0 Å². The van der Waals surface area contributed by atoms with Crippen molar-refractivity contribution in [3.63, 3.8) is 0 Å². The Morgan fingerprint density at radius 3 is 2.26 bits per heavy atom. The maximum Gasteiger partial charge on any atom is 0.319 e. The summed E-state index contributed by atoms with van der Waals surface area (Å²) in [6.07, 6.45) is 0. The van der Waals surface area contributed by atoms with E-state index in [4.69, 9.17) is 0 Å². The van der Waals surface area contributed by atoms with Crippen molar-refractivity contribution in [2.75, 3.05) is 5.32 Å². The van der Waals surface area contributed by atoms with E-state index in [0.29, 0.717) is 0 Å². The Labute approximate surface area is 113 Å². The van der Waals surface area contributed by atoms with Gasteiger partial charge in [0.05, 0.1) is 6.04 Å². The maximum atomic E-state index is 11.8. The van der Waals surface area contributed by atoms with E-state index in [2.05, 4.69) is 10.6 Å². The van der Waals surface area contributed by atoms with Gasteiger partial charge in [-0.1, -0.05) is 48.0 Å². The van der Waals surface area contributed by atoms with Crippen molar-refractivity contribution in [3.05, 3.63) is 65.7 Å². The average Bonchev–Trinajstić information content (AvgIpc) is 2.40. The van der Waals surface area contributed by atoms with Crippen LogP contribution in [0.15, 0.2) is 54.6 Å². The lowest BCUT2D eigenvalue weighted by atomic mass is 10.1. The molecule has 0 bridgehead atoms. The molecule has 0 aliphatic heterocycles. The number of para-hydroxylation sites is 1. The van der Waals surface area contributed by atoms with Crippen molar-refractivity contribution >= 4 is 11.7 Å². The molecule has 0 unspecified atom stereocenters. The normalized spacial score (nSPS) is 11.7. The minimum Gasteiger partial charge on any atom is -0.331 e. The molecule has 98 valence electrons. The van der Waals surface area contributed by atoms with Gasteiger partial charge in [-0.25, -0.2) is 4.79 Å². The summed E-state index contributed by atoms with van der Waals surface area (Å²) < 4.78 is 0. The number of benzene rings is 2. The molecule has 2 aromatic carbocycles. The van der Waals surface area contributed by atoms with E-state index in [-0.39, 0.29) is 12.1 Å². The van der Waals surface area contributed by atoms with Crippen LogP contribution in [0.25, 0.3) is 0 Å². The molecule has 1 atom stereocenters. The number of hydrogen-bond acceptors (Lipinski definition) is 1. The highest BCUT2D eigenvalue weighted by Crippen LogP contribution is 2.13. The number of urea groups is 1. The minimum atomic E-state index is -0.195. The second kappa shape index (κ2) is 6.05. The third-order valence-corrected chi connectivity index (χ3v) is 2.96. The van der Waals surface area contributed by atoms with Crippen molar-refractivity contribution < 1.29 is 4.79 Å². The molecule has 2 N–H and O–H groups in total. The van der Waals surface area contributed by atoms with E-state index < -0.39 is 0 Å². The van der Waals surface area contributed by atoms with Crippen LogP contribution in [0.2, 0.25) is 0 Å². The smallest absolute Gasteiger partial charge is 0.319 e. The fraction of sp³-hybridized carbons (Fsp3) is 0.188. The molecule has 3 nitrogen and oxygen atoms in total. The lowest BCUT2D eigenvalue weighted by molar-refractivity contribution is 0.249. The van der Waals surface area contributed by atoms with Crippen molar-refractivity contribution in [2.45, 2.75) is 19.9 Å². The van der Waals surface area contributed by atoms with Gasteiger partial charge in [0, 0.05) is 5.69 Å². The lowest BCUT2D eigenvalue weighted by Gasteiger charge is -2.15. The molecule has 2 aromatic rings. The molecule has 19 heavy (non-hydrogen) atoms. The van der Waals surface area contributed by atoms with E-state index in [1.54, 1.807) is 0 Å². The Bertz CT molecular complexity index is 534. The summed E-state index contributed by atoms with van der Waals surface area (Å²) in [6.45, 7) is 4.01. The molecule has 0 saturated heterocycles. The zero-order valence-corrected chi connectivity index (χ0v) is 11.2. The van der Waals surface area contributed by atoms with Crippen LogP contribution in [0, 0.1) is 6.92 Å². The summed E-state index contributed by atoms with van der Waals surface area (Å²) in [7, 11) is 0. The van der Waals surface area contributed by atoms with Gasteiger partial charge in [-0.15, -0.1) is 0 Å². The first-order valence-electron chi connectivity index (χ1n) is 6.34. The maximum absolute atomic E-state index is 11.8. The molecule has 3 heteroatoms. The highest BCUT2D eigenvalue weighted by atomic mass is 16.2. The number of hydrogen-bond donors (Lipinski definition) is 2. The summed E-state index contributed by atoms with van der Waals surface area (Å²) in [6, 6.07) is 17.3. The molecule has 2 rings (SSSR count). The molecule has 0 radical (unpaired) electrons. The third kappa shape index (κ3) is 3.85. The lowest BCUT2D eigenvalue weighted by Crippen LogP contribution is -2.31. The first-order valence-corrected chi connectivity index (χ1v) is 6.34. The van der Waals surface area contributed by atoms with Gasteiger partial charge in [0.2, 0.25) is 0 Å². The predicted octanol–water partition coefficient (Wildman–Crippen LogP) is 3.88. The van der Waals surface area contributed by atoms with Crippen LogP contribution in [0.4, 0.5) is 10.5 Å². The van der Waals surface area contributed by atoms with Gasteiger partial charge in [0.1, 0.15) is 0 Å². The number of rotatable bonds is 3. The largest absolute Gasteiger partial charge is 0.331 e. The third-order valence-electron chi connectivity index (χ3n) is 2.96. The van der Waals surface area contributed by atoms with Crippen LogP contribution in [0.5, 0.6) is 0 Å². The molecule has 0 spiro atoms. The quantitative estimate of drug-likeness (QED) is 0.857. The Hall–Kier alpha value is -2.29. The summed E-state index contributed by atoms with van der Waals surface area (Å²) >= 11 is 0. The fourth-order valence-electron chi connectivity index (χ4n) is 1.82. The number of amides is 2. The van der Waals surface area contributed by atoms with Gasteiger partial charge in [0.15, 0.2) is 0 Å². The second-order valence-corrected chi connectivity index (χ2v) is 4.60. The number of carbonyl (C=O) groups is 1. The molecule has 0 aliphatic rings. The minimum absolute atomic E-state index is 0.0238. The van der Waals surface area contributed by atoms with Gasteiger partial charge in [-0.05, 0) is 31.5 Å². The highest BCUT2D eigenvalue weighted by molar-refractivity contribution is 5.89. The standard InChI is InChI=1S/C16H18N2O/c1-12-8-10-14(11-9-12)13(2)17-16(19)18-15-6-4-3-5-7-15/h3-11,13H,1-2H3,(H2,17,18,19)/t13-/m1/s1. The summed E-state index contributed by atoms with van der Waals surface area (Å²) in [5.41, 5.74) is 3.09. The van der Waals surface area contributed by atoms with E-state index >= 15 is 0 Å². The molecule has 0 saturated carbocycles. The second-order valence-electron chi connectivity index (χ2n) is 4.60. The Morgan fingerprint density at radius 2 is 1.63 bits per heavy atom. The molecular weight excluding hydrogens is 236 g/mol. The summed E-state index contributed by atoms with van der Waals surface area (Å²) in [5.74, 6) is 0. The van der Waals surface area contributed by atoms with E-state index in [1.807, 2.05) is 68.4 Å². The van der Waals surface area contributed by atoms with Gasteiger partial charge < -0.3 is 10.6 Å². The Kier molecular flexibility index (Phi) is 4.18. The van der Waals surface area contributed by atoms with Crippen molar-refractivity contribution in [1.82, 2.24) is 5.32 Å². The van der Waals surface area contributed by atoms with Gasteiger partial charge in [-0.2, -0.15) is 0 Å². The summed E-state index contributed by atoms with van der Waals surface area (Å²) in [5, 5.41) is 5.72. The van der Waals surface area contributed by atoms with E-state index in [9.17, 15) is 4.79 Å². The highest BCUT2D eigenvalue weighted by Gasteiger charge is 2.08. The van der Waals surface area contributed by atoms with Crippen molar-refractivity contribution in [1.29, 1.82) is 0 Å². The molecule has 0 heterocycles. The van der Waals surface area contributed by atoms with Gasteiger partial charge in [0.25, 0.3) is 0 Å². The summed E-state index contributed by atoms with van der Waals surface area (Å²) in [4.78, 5) is 11.8. The zero-order chi connectivity index (χ0) is 13.7. The number of anilines is 1. The average molecular weight is 254 g/mol. The SMILES string of the molecule is Cc1ccc([C@@H](C)NC(=O)Nc2ccccc2)cc1. The van der Waals surface area contributed by atoms with Crippen LogP contribution < -0.4 is 10.6 Å². The monoisotopic (exact) mass is 254 g/mol. The molecule has 2 amide bonds. The molecule has 0 aliphatic carbocycles. The van der Waals surface area contributed by atoms with Crippen LogP contribution >= 0.6 is 0 Å². The fourth-order valence-corrected chi connectivity index (χ4v) is 1.82. The van der Waals surface area contributed by atoms with Crippen LogP contribution in [-0.2, 0) is 0 Å². The number of nitrogens with one attached hydrogen (secondary N) is 2. The molecule has 0 aromatic heterocycles. The van der Waals surface area contributed by atoms with E-state index in [1.165, 1.54) is 5.56 Å². The Balaban J connectivity index is 1.93. The van der Waals surface area contributed by atoms with Crippen LogP contribution in [-0.4, -0.2) is 6.03 Å². The van der Waals surface area contributed by atoms with Crippen molar-refractivity contribution in [3.8, 4) is 0 Å².